The fourth-order valence-corrected chi connectivity index (χ4v) is 3.75. The number of halogens is 1. The van der Waals surface area contributed by atoms with Crippen LogP contribution in [0.2, 0.25) is 0 Å². The zero-order valence-corrected chi connectivity index (χ0v) is 15.7. The van der Waals surface area contributed by atoms with Crippen LogP contribution in [0, 0.1) is 5.82 Å². The summed E-state index contributed by atoms with van der Waals surface area (Å²) < 4.78 is 18.6. The summed E-state index contributed by atoms with van der Waals surface area (Å²) in [5.74, 6) is -0.926. The molecule has 0 aliphatic heterocycles. The van der Waals surface area contributed by atoms with Gasteiger partial charge in [0, 0.05) is 18.4 Å². The fourth-order valence-electron chi connectivity index (χ4n) is 3.75. The van der Waals surface area contributed by atoms with Crippen molar-refractivity contribution in [3.63, 3.8) is 0 Å². The van der Waals surface area contributed by atoms with Crippen molar-refractivity contribution in [1.29, 1.82) is 0 Å². The highest BCUT2D eigenvalue weighted by Gasteiger charge is 2.33. The maximum Gasteiger partial charge on any atom is 0.221 e. The normalized spacial score (nSPS) is 18.5. The number of amides is 1. The standard InChI is InChI=1S/C22H24FNO3/c1-22(13-5-7-15-6-3-4-8-17(15)22)24-21(26)12-10-19(25)16-9-11-20(27-2)18(23)14-16/h3-4,6,8-9,11,14H,5,7,10,12-13H2,1-2H3,(H,24,26)/t22-/m0/s1. The molecular formula is C22H24FNO3. The first kappa shape index (κ1) is 19.1. The van der Waals surface area contributed by atoms with Gasteiger partial charge in [0.05, 0.1) is 12.6 Å². The van der Waals surface area contributed by atoms with Crippen LogP contribution in [-0.2, 0) is 16.8 Å². The molecule has 1 atom stereocenters. The monoisotopic (exact) mass is 369 g/mol. The number of aryl methyl sites for hydroxylation is 1. The summed E-state index contributed by atoms with van der Waals surface area (Å²) in [6, 6.07) is 12.2. The van der Waals surface area contributed by atoms with Gasteiger partial charge in [0.2, 0.25) is 5.91 Å². The summed E-state index contributed by atoms with van der Waals surface area (Å²) in [5.41, 5.74) is 2.24. The van der Waals surface area contributed by atoms with Crippen molar-refractivity contribution in [2.45, 2.75) is 44.6 Å². The van der Waals surface area contributed by atoms with Crippen molar-refractivity contribution < 1.29 is 18.7 Å². The Bertz CT molecular complexity index is 864. The second kappa shape index (κ2) is 7.91. The van der Waals surface area contributed by atoms with E-state index in [0.717, 1.165) is 30.9 Å². The van der Waals surface area contributed by atoms with Crippen LogP contribution < -0.4 is 10.1 Å². The first-order chi connectivity index (χ1) is 12.9. The summed E-state index contributed by atoms with van der Waals surface area (Å²) in [7, 11) is 1.37. The van der Waals surface area contributed by atoms with E-state index in [1.54, 1.807) is 0 Å². The van der Waals surface area contributed by atoms with Crippen molar-refractivity contribution >= 4 is 11.7 Å². The highest BCUT2D eigenvalue weighted by molar-refractivity contribution is 5.98. The van der Waals surface area contributed by atoms with Crippen molar-refractivity contribution in [2.75, 3.05) is 7.11 Å². The molecule has 27 heavy (non-hydrogen) atoms. The second-order valence-corrected chi connectivity index (χ2v) is 7.16. The highest BCUT2D eigenvalue weighted by atomic mass is 19.1. The molecule has 0 fully saturated rings. The van der Waals surface area contributed by atoms with Gasteiger partial charge in [-0.05, 0) is 55.5 Å². The van der Waals surface area contributed by atoms with E-state index in [2.05, 4.69) is 17.4 Å². The number of ketones is 1. The Labute approximate surface area is 158 Å². The fraction of sp³-hybridized carbons (Fsp3) is 0.364. The number of carbonyl (C=O) groups excluding carboxylic acids is 2. The van der Waals surface area contributed by atoms with Gasteiger partial charge in [-0.2, -0.15) is 0 Å². The molecule has 142 valence electrons. The van der Waals surface area contributed by atoms with Gasteiger partial charge in [0.15, 0.2) is 17.3 Å². The Morgan fingerprint density at radius 1 is 1.19 bits per heavy atom. The van der Waals surface area contributed by atoms with Crippen LogP contribution in [0.1, 0.15) is 54.1 Å². The number of hydrogen-bond donors (Lipinski definition) is 1. The topological polar surface area (TPSA) is 55.4 Å². The predicted molar refractivity (Wildman–Crippen MR) is 101 cm³/mol. The number of rotatable bonds is 6. The lowest BCUT2D eigenvalue weighted by atomic mass is 9.77. The van der Waals surface area contributed by atoms with E-state index in [4.69, 9.17) is 4.74 Å². The zero-order valence-electron chi connectivity index (χ0n) is 15.7. The average molecular weight is 369 g/mol. The van der Waals surface area contributed by atoms with Gasteiger partial charge in [-0.15, -0.1) is 0 Å². The minimum Gasteiger partial charge on any atom is -0.494 e. The van der Waals surface area contributed by atoms with E-state index < -0.39 is 11.4 Å². The van der Waals surface area contributed by atoms with Crippen LogP contribution in [-0.4, -0.2) is 18.8 Å². The lowest BCUT2D eigenvalue weighted by Gasteiger charge is -2.37. The molecule has 0 saturated carbocycles. The van der Waals surface area contributed by atoms with Crippen molar-refractivity contribution in [3.05, 3.63) is 65.0 Å². The van der Waals surface area contributed by atoms with Gasteiger partial charge in [-0.3, -0.25) is 9.59 Å². The summed E-state index contributed by atoms with van der Waals surface area (Å²) in [6.45, 7) is 2.03. The minimum atomic E-state index is -0.584. The van der Waals surface area contributed by atoms with Gasteiger partial charge in [-0.1, -0.05) is 24.3 Å². The molecule has 5 heteroatoms. The summed E-state index contributed by atoms with van der Waals surface area (Å²) in [4.78, 5) is 24.8. The molecule has 4 nitrogen and oxygen atoms in total. The number of ether oxygens (including phenoxy) is 1. The van der Waals surface area contributed by atoms with E-state index in [9.17, 15) is 14.0 Å². The first-order valence-electron chi connectivity index (χ1n) is 9.19. The first-order valence-corrected chi connectivity index (χ1v) is 9.19. The molecule has 1 aliphatic rings. The van der Waals surface area contributed by atoms with E-state index in [-0.39, 0.29) is 35.8 Å². The molecule has 0 radical (unpaired) electrons. The Balaban J connectivity index is 1.62. The Morgan fingerprint density at radius 2 is 1.96 bits per heavy atom. The molecule has 1 N–H and O–H groups in total. The van der Waals surface area contributed by atoms with Crippen molar-refractivity contribution in [1.82, 2.24) is 5.32 Å². The number of Topliss-reactive ketones (excluding diaryl/α,β-unsaturated/α-hetero) is 1. The largest absolute Gasteiger partial charge is 0.494 e. The molecule has 1 aliphatic carbocycles. The van der Waals surface area contributed by atoms with Crippen LogP contribution in [0.3, 0.4) is 0 Å². The van der Waals surface area contributed by atoms with Crippen LogP contribution in [0.15, 0.2) is 42.5 Å². The molecule has 0 spiro atoms. The van der Waals surface area contributed by atoms with E-state index in [1.165, 1.54) is 24.8 Å². The third-order valence-electron chi connectivity index (χ3n) is 5.20. The maximum absolute atomic E-state index is 13.8. The number of methoxy groups -OCH3 is 1. The Hall–Kier alpha value is -2.69. The summed E-state index contributed by atoms with van der Waals surface area (Å²) >= 11 is 0. The number of carbonyl (C=O) groups is 2. The molecule has 3 rings (SSSR count). The van der Waals surface area contributed by atoms with Crippen LogP contribution in [0.4, 0.5) is 4.39 Å². The summed E-state index contributed by atoms with van der Waals surface area (Å²) in [6.07, 6.45) is 3.01. The Kier molecular flexibility index (Phi) is 5.59. The quantitative estimate of drug-likeness (QED) is 0.778. The van der Waals surface area contributed by atoms with Gasteiger partial charge >= 0.3 is 0 Å². The highest BCUT2D eigenvalue weighted by Crippen LogP contribution is 2.35. The van der Waals surface area contributed by atoms with Crippen LogP contribution in [0.25, 0.3) is 0 Å². The minimum absolute atomic E-state index is 0.0370. The van der Waals surface area contributed by atoms with Gasteiger partial charge in [-0.25, -0.2) is 4.39 Å². The van der Waals surface area contributed by atoms with E-state index >= 15 is 0 Å². The SMILES string of the molecule is COc1ccc(C(=O)CCC(=O)N[C@@]2(C)CCCc3ccccc32)cc1F. The molecule has 0 bridgehead atoms. The number of nitrogens with one attached hydrogen (secondary N) is 1. The molecule has 2 aromatic rings. The number of hydrogen-bond acceptors (Lipinski definition) is 3. The molecule has 0 unspecified atom stereocenters. The van der Waals surface area contributed by atoms with Gasteiger partial charge in [0.25, 0.3) is 0 Å². The molecule has 0 saturated heterocycles. The smallest absolute Gasteiger partial charge is 0.221 e. The van der Waals surface area contributed by atoms with Crippen molar-refractivity contribution in [2.24, 2.45) is 0 Å². The average Bonchev–Trinajstić information content (AvgIpc) is 2.66. The molecule has 1 amide bonds. The maximum atomic E-state index is 13.8. The molecular weight excluding hydrogens is 345 g/mol. The predicted octanol–water partition coefficient (Wildman–Crippen LogP) is 4.17. The summed E-state index contributed by atoms with van der Waals surface area (Å²) in [5, 5.41) is 3.10. The lowest BCUT2D eigenvalue weighted by Crippen LogP contribution is -2.45. The zero-order chi connectivity index (χ0) is 19.4. The molecule has 0 aromatic heterocycles. The third kappa shape index (κ3) is 4.18. The number of fused-ring (bicyclic) bond motifs is 1. The second-order valence-electron chi connectivity index (χ2n) is 7.16. The van der Waals surface area contributed by atoms with Gasteiger partial charge in [0.1, 0.15) is 0 Å². The molecule has 2 aromatic carbocycles. The van der Waals surface area contributed by atoms with Crippen LogP contribution in [0.5, 0.6) is 5.75 Å². The molecule has 0 heterocycles. The van der Waals surface area contributed by atoms with Crippen LogP contribution >= 0.6 is 0 Å². The van der Waals surface area contributed by atoms with E-state index in [0.29, 0.717) is 0 Å². The lowest BCUT2D eigenvalue weighted by molar-refractivity contribution is -0.123. The van der Waals surface area contributed by atoms with Crippen molar-refractivity contribution in [3.8, 4) is 5.75 Å². The Morgan fingerprint density at radius 3 is 2.70 bits per heavy atom. The third-order valence-corrected chi connectivity index (χ3v) is 5.20. The van der Waals surface area contributed by atoms with Gasteiger partial charge < -0.3 is 10.1 Å². The number of benzene rings is 2. The van der Waals surface area contributed by atoms with E-state index in [1.807, 2.05) is 19.1 Å².